The van der Waals surface area contributed by atoms with Gasteiger partial charge in [-0.2, -0.15) is 5.10 Å². The maximum atomic E-state index is 11.7. The Bertz CT molecular complexity index is 1200. The number of anilines is 1. The molecule has 0 radical (unpaired) electrons. The van der Waals surface area contributed by atoms with Crippen molar-refractivity contribution in [3.05, 3.63) is 59.1 Å². The number of nitrogen functional groups attached to an aromatic ring is 1. The number of carbonyl (C=O) groups is 1. The van der Waals surface area contributed by atoms with Crippen molar-refractivity contribution in [2.45, 2.75) is 6.92 Å². The molecule has 8 nitrogen and oxygen atoms in total. The van der Waals surface area contributed by atoms with E-state index in [1.807, 2.05) is 31.2 Å². The minimum absolute atomic E-state index is 0.0667. The molecule has 3 heterocycles. The van der Waals surface area contributed by atoms with Crippen LogP contribution in [-0.4, -0.2) is 30.6 Å². The van der Waals surface area contributed by atoms with Crippen molar-refractivity contribution in [3.8, 4) is 17.1 Å². The number of rotatable bonds is 3. The molecule has 0 saturated heterocycles. The van der Waals surface area contributed by atoms with E-state index >= 15 is 0 Å². The molecule has 4 rings (SSSR count). The number of nitrogens with zero attached hydrogens (tertiary/aromatic N) is 5. The number of fused-ring (bicyclic) bond motifs is 1. The first kappa shape index (κ1) is 16.9. The summed E-state index contributed by atoms with van der Waals surface area (Å²) >= 11 is 6.40. The van der Waals surface area contributed by atoms with Gasteiger partial charge in [-0.3, -0.25) is 9.78 Å². The van der Waals surface area contributed by atoms with Crippen molar-refractivity contribution in [1.29, 1.82) is 0 Å². The Balaban J connectivity index is 2.03. The zero-order chi connectivity index (χ0) is 19.1. The molecule has 9 heteroatoms. The van der Waals surface area contributed by atoms with Crippen LogP contribution in [0, 0.1) is 6.92 Å². The number of amides is 1. The van der Waals surface area contributed by atoms with Gasteiger partial charge in [-0.25, -0.2) is 14.6 Å². The molecule has 3 aromatic heterocycles. The predicted molar refractivity (Wildman–Crippen MR) is 103 cm³/mol. The van der Waals surface area contributed by atoms with Gasteiger partial charge in [0.2, 0.25) is 0 Å². The van der Waals surface area contributed by atoms with Crippen LogP contribution in [0.5, 0.6) is 0 Å². The summed E-state index contributed by atoms with van der Waals surface area (Å²) in [5, 5.41) is 5.63. The fourth-order valence-electron chi connectivity index (χ4n) is 2.79. The quantitative estimate of drug-likeness (QED) is 0.563. The highest BCUT2D eigenvalue weighted by Gasteiger charge is 2.20. The van der Waals surface area contributed by atoms with Gasteiger partial charge in [0.1, 0.15) is 5.69 Å². The van der Waals surface area contributed by atoms with Crippen molar-refractivity contribution in [3.63, 3.8) is 0 Å². The van der Waals surface area contributed by atoms with E-state index in [9.17, 15) is 4.79 Å². The van der Waals surface area contributed by atoms with Crippen LogP contribution in [0.15, 0.2) is 42.7 Å². The number of aromatic nitrogens is 5. The molecule has 0 aliphatic carbocycles. The SMILES string of the molecule is Cc1ccn(-c2nc(N)c(C(N)=O)nc2-c2cc(Cl)c3ncccc3c2)n1. The van der Waals surface area contributed by atoms with Crippen LogP contribution in [-0.2, 0) is 0 Å². The zero-order valence-electron chi connectivity index (χ0n) is 14.2. The van der Waals surface area contributed by atoms with Crippen LogP contribution in [0.1, 0.15) is 16.2 Å². The van der Waals surface area contributed by atoms with Gasteiger partial charge in [-0.05, 0) is 31.2 Å². The predicted octanol–water partition coefficient (Wildman–Crippen LogP) is 2.52. The van der Waals surface area contributed by atoms with E-state index in [0.717, 1.165) is 11.1 Å². The maximum Gasteiger partial charge on any atom is 0.271 e. The van der Waals surface area contributed by atoms with Gasteiger partial charge in [0.05, 0.1) is 16.2 Å². The highest BCUT2D eigenvalue weighted by molar-refractivity contribution is 6.35. The molecule has 4 N–H and O–H groups in total. The second kappa shape index (κ2) is 6.33. The summed E-state index contributed by atoms with van der Waals surface area (Å²) in [6.07, 6.45) is 3.40. The third-order valence-corrected chi connectivity index (χ3v) is 4.30. The summed E-state index contributed by atoms with van der Waals surface area (Å²) in [5.41, 5.74) is 13.6. The van der Waals surface area contributed by atoms with Crippen LogP contribution >= 0.6 is 11.6 Å². The first-order valence-electron chi connectivity index (χ1n) is 7.98. The number of hydrogen-bond donors (Lipinski definition) is 2. The number of halogens is 1. The van der Waals surface area contributed by atoms with E-state index in [1.165, 1.54) is 0 Å². The number of primary amides is 1. The molecule has 0 unspecified atom stereocenters. The molecule has 0 fully saturated rings. The Morgan fingerprint density at radius 1 is 1.22 bits per heavy atom. The molecule has 1 amide bonds. The third-order valence-electron chi connectivity index (χ3n) is 4.01. The third kappa shape index (κ3) is 2.96. The van der Waals surface area contributed by atoms with Crippen LogP contribution in [0.4, 0.5) is 5.82 Å². The van der Waals surface area contributed by atoms with Crippen LogP contribution < -0.4 is 11.5 Å². The summed E-state index contributed by atoms with van der Waals surface area (Å²) < 4.78 is 1.54. The molecule has 0 saturated carbocycles. The van der Waals surface area contributed by atoms with Gasteiger partial charge in [-0.15, -0.1) is 0 Å². The average Bonchev–Trinajstić information content (AvgIpc) is 3.07. The lowest BCUT2D eigenvalue weighted by atomic mass is 10.1. The molecule has 0 atom stereocenters. The van der Waals surface area contributed by atoms with E-state index in [4.69, 9.17) is 23.1 Å². The van der Waals surface area contributed by atoms with E-state index in [-0.39, 0.29) is 11.5 Å². The zero-order valence-corrected chi connectivity index (χ0v) is 15.0. The fourth-order valence-corrected chi connectivity index (χ4v) is 3.07. The highest BCUT2D eigenvalue weighted by atomic mass is 35.5. The van der Waals surface area contributed by atoms with Gasteiger partial charge in [0.15, 0.2) is 17.3 Å². The first-order valence-corrected chi connectivity index (χ1v) is 8.36. The Morgan fingerprint density at radius 2 is 2.04 bits per heavy atom. The summed E-state index contributed by atoms with van der Waals surface area (Å²) in [6, 6.07) is 9.08. The number of hydrogen-bond acceptors (Lipinski definition) is 6. The van der Waals surface area contributed by atoms with Gasteiger partial charge >= 0.3 is 0 Å². The number of benzene rings is 1. The Morgan fingerprint density at radius 3 is 2.74 bits per heavy atom. The molecule has 0 aliphatic rings. The summed E-state index contributed by atoms with van der Waals surface area (Å²) in [7, 11) is 0. The number of nitrogens with two attached hydrogens (primary N) is 2. The molecule has 0 aliphatic heterocycles. The molecule has 4 aromatic rings. The fraction of sp³-hybridized carbons (Fsp3) is 0.0556. The topological polar surface area (TPSA) is 126 Å². The van der Waals surface area contributed by atoms with E-state index in [2.05, 4.69) is 20.1 Å². The summed E-state index contributed by atoms with van der Waals surface area (Å²) in [5.74, 6) is -0.467. The Labute approximate surface area is 158 Å². The first-order chi connectivity index (χ1) is 12.9. The summed E-state index contributed by atoms with van der Waals surface area (Å²) in [6.45, 7) is 1.85. The van der Waals surface area contributed by atoms with Crippen molar-refractivity contribution in [2.24, 2.45) is 5.73 Å². The normalized spacial score (nSPS) is 11.0. The molecule has 134 valence electrons. The molecular weight excluding hydrogens is 366 g/mol. The largest absolute Gasteiger partial charge is 0.382 e. The van der Waals surface area contributed by atoms with Crippen molar-refractivity contribution < 1.29 is 4.79 Å². The van der Waals surface area contributed by atoms with Crippen molar-refractivity contribution >= 4 is 34.2 Å². The standard InChI is InChI=1S/C18H14ClN7O/c1-9-4-6-26(25-9)18-14(23-15(17(21)27)16(20)24-18)11-7-10-3-2-5-22-13(10)12(19)8-11/h2-8H,1H3,(H2,20,24)(H2,21,27). The van der Waals surface area contributed by atoms with Gasteiger partial charge in [0.25, 0.3) is 5.91 Å². The number of aryl methyl sites for hydroxylation is 1. The molecule has 27 heavy (non-hydrogen) atoms. The molecular formula is C18H14ClN7O. The van der Waals surface area contributed by atoms with Gasteiger partial charge in [0, 0.05) is 23.3 Å². The number of carbonyl (C=O) groups excluding carboxylic acids is 1. The smallest absolute Gasteiger partial charge is 0.271 e. The van der Waals surface area contributed by atoms with Crippen LogP contribution in [0.3, 0.4) is 0 Å². The van der Waals surface area contributed by atoms with Crippen molar-refractivity contribution in [2.75, 3.05) is 5.73 Å². The van der Waals surface area contributed by atoms with E-state index in [0.29, 0.717) is 27.6 Å². The van der Waals surface area contributed by atoms with Crippen LogP contribution in [0.2, 0.25) is 5.02 Å². The lowest BCUT2D eigenvalue weighted by molar-refractivity contribution is 0.0996. The van der Waals surface area contributed by atoms with Crippen LogP contribution in [0.25, 0.3) is 28.0 Å². The van der Waals surface area contributed by atoms with Gasteiger partial charge < -0.3 is 11.5 Å². The molecule has 1 aromatic carbocycles. The van der Waals surface area contributed by atoms with E-state index in [1.54, 1.807) is 23.1 Å². The van der Waals surface area contributed by atoms with Gasteiger partial charge in [-0.1, -0.05) is 17.7 Å². The maximum absolute atomic E-state index is 11.7. The minimum Gasteiger partial charge on any atom is -0.382 e. The lowest BCUT2D eigenvalue weighted by Gasteiger charge is -2.12. The summed E-state index contributed by atoms with van der Waals surface area (Å²) in [4.78, 5) is 24.7. The molecule has 0 bridgehead atoms. The Hall–Kier alpha value is -3.52. The molecule has 0 spiro atoms. The average molecular weight is 380 g/mol. The second-order valence-corrected chi connectivity index (χ2v) is 6.34. The monoisotopic (exact) mass is 379 g/mol. The van der Waals surface area contributed by atoms with E-state index < -0.39 is 5.91 Å². The minimum atomic E-state index is -0.766. The lowest BCUT2D eigenvalue weighted by Crippen LogP contribution is -2.19. The second-order valence-electron chi connectivity index (χ2n) is 5.93. The highest BCUT2D eigenvalue weighted by Crippen LogP contribution is 2.32. The number of pyridine rings is 1. The Kier molecular flexibility index (Phi) is 3.97. The van der Waals surface area contributed by atoms with Crippen molar-refractivity contribution in [1.82, 2.24) is 24.7 Å².